The van der Waals surface area contributed by atoms with Gasteiger partial charge in [0.2, 0.25) is 0 Å². The van der Waals surface area contributed by atoms with Gasteiger partial charge in [-0.2, -0.15) is 0 Å². The van der Waals surface area contributed by atoms with Crippen molar-refractivity contribution in [2.24, 2.45) is 0 Å². The molecule has 232 valence electrons. The minimum absolute atomic E-state index is 0.0927. The number of rotatable bonds is 2. The molecule has 0 N–H and O–H groups in total. The Bertz CT molecular complexity index is 2770. The maximum atomic E-state index is 2.62. The van der Waals surface area contributed by atoms with Crippen molar-refractivity contribution < 1.29 is 0 Å². The number of aromatic nitrogens is 2. The minimum atomic E-state index is 0.0927. The highest BCUT2D eigenvalue weighted by molar-refractivity contribution is 6.36. The molecule has 7 aromatic carbocycles. The second-order valence-electron chi connectivity index (χ2n) is 15.2. The van der Waals surface area contributed by atoms with Crippen LogP contribution in [0.1, 0.15) is 51.7 Å². The molecule has 2 nitrogen and oxygen atoms in total. The average molecular weight is 619 g/mol. The highest BCUT2D eigenvalue weighted by atomic mass is 15.0. The molecule has 2 aromatic heterocycles. The van der Waals surface area contributed by atoms with Crippen LogP contribution in [0.5, 0.6) is 0 Å². The van der Waals surface area contributed by atoms with Crippen LogP contribution in [0.25, 0.3) is 76.5 Å². The summed E-state index contributed by atoms with van der Waals surface area (Å²) < 4.78 is 5.14. The lowest BCUT2D eigenvalue weighted by Gasteiger charge is -2.42. The molecule has 0 aliphatic heterocycles. The van der Waals surface area contributed by atoms with Crippen LogP contribution in [0, 0.1) is 0 Å². The molecule has 0 saturated heterocycles. The lowest BCUT2D eigenvalue weighted by molar-refractivity contribution is 0.332. The summed E-state index contributed by atoms with van der Waals surface area (Å²) in [6.45, 7) is 9.78. The van der Waals surface area contributed by atoms with Gasteiger partial charge in [-0.15, -0.1) is 0 Å². The molecule has 48 heavy (non-hydrogen) atoms. The van der Waals surface area contributed by atoms with E-state index in [0.717, 1.165) is 0 Å². The molecule has 1 aliphatic rings. The van der Waals surface area contributed by atoms with Gasteiger partial charge in [-0.05, 0) is 87.4 Å². The highest BCUT2D eigenvalue weighted by Gasteiger charge is 2.38. The molecule has 2 heterocycles. The van der Waals surface area contributed by atoms with Gasteiger partial charge < -0.3 is 9.13 Å². The number of benzene rings is 7. The topological polar surface area (TPSA) is 9.86 Å². The first-order chi connectivity index (χ1) is 23.3. The summed E-state index contributed by atoms with van der Waals surface area (Å²) in [5, 5.41) is 10.4. The fourth-order valence-electron chi connectivity index (χ4n) is 9.00. The molecule has 10 rings (SSSR count). The van der Waals surface area contributed by atoms with Crippen molar-refractivity contribution in [2.75, 3.05) is 0 Å². The predicted octanol–water partition coefficient (Wildman–Crippen LogP) is 12.5. The molecular formula is C46H38N2. The van der Waals surface area contributed by atoms with Crippen molar-refractivity contribution >= 4 is 65.2 Å². The van der Waals surface area contributed by atoms with Gasteiger partial charge in [0.05, 0.1) is 27.8 Å². The summed E-state index contributed by atoms with van der Waals surface area (Å²) in [5.74, 6) is 0. The first-order valence-electron chi connectivity index (χ1n) is 17.3. The number of nitrogens with zero attached hydrogens (tertiary/aromatic N) is 2. The van der Waals surface area contributed by atoms with Gasteiger partial charge in [-0.25, -0.2) is 0 Å². The predicted molar refractivity (Wildman–Crippen MR) is 205 cm³/mol. The Morgan fingerprint density at radius 1 is 0.438 bits per heavy atom. The summed E-state index contributed by atoms with van der Waals surface area (Å²) in [7, 11) is 0. The number of hydrogen-bond donors (Lipinski definition) is 0. The monoisotopic (exact) mass is 618 g/mol. The van der Waals surface area contributed by atoms with Gasteiger partial charge >= 0.3 is 0 Å². The van der Waals surface area contributed by atoms with E-state index >= 15 is 0 Å². The standard InChI is InChI=1S/C46H38N2/c1-45(2)25-26-46(3,4)37-28-40-35(27-36(37)45)42-33-21-11-10-20-32(33)41-34-22-12-13-23-39(34)47(30-17-6-5-7-18-30)43(41)44(42)48(40)38-24-14-16-29-15-8-9-19-31(29)38/h5-24,27-28H,25-26H2,1-4H3. The third kappa shape index (κ3) is 3.63. The zero-order valence-corrected chi connectivity index (χ0v) is 28.0. The Balaban J connectivity index is 1.56. The van der Waals surface area contributed by atoms with E-state index in [2.05, 4.69) is 170 Å². The van der Waals surface area contributed by atoms with Crippen LogP contribution >= 0.6 is 0 Å². The number of para-hydroxylation sites is 2. The van der Waals surface area contributed by atoms with Crippen molar-refractivity contribution in [3.05, 3.63) is 145 Å². The van der Waals surface area contributed by atoms with E-state index in [-0.39, 0.29) is 10.8 Å². The molecule has 0 radical (unpaired) electrons. The third-order valence-electron chi connectivity index (χ3n) is 11.5. The lowest BCUT2D eigenvalue weighted by Crippen LogP contribution is -2.33. The summed E-state index contributed by atoms with van der Waals surface area (Å²) >= 11 is 0. The van der Waals surface area contributed by atoms with Gasteiger partial charge in [0.1, 0.15) is 0 Å². The number of hydrogen-bond acceptors (Lipinski definition) is 0. The van der Waals surface area contributed by atoms with Crippen molar-refractivity contribution in [2.45, 2.75) is 51.4 Å². The second-order valence-corrected chi connectivity index (χ2v) is 15.2. The van der Waals surface area contributed by atoms with E-state index in [0.29, 0.717) is 0 Å². The molecule has 0 saturated carbocycles. The maximum absolute atomic E-state index is 2.62. The second kappa shape index (κ2) is 9.61. The van der Waals surface area contributed by atoms with Gasteiger partial charge in [-0.1, -0.05) is 125 Å². The van der Waals surface area contributed by atoms with Crippen molar-refractivity contribution in [1.82, 2.24) is 9.13 Å². The van der Waals surface area contributed by atoms with Crippen LogP contribution in [-0.2, 0) is 10.8 Å². The molecule has 0 spiro atoms. The van der Waals surface area contributed by atoms with Crippen LogP contribution in [-0.4, -0.2) is 9.13 Å². The fraction of sp³-hybridized carbons (Fsp3) is 0.174. The van der Waals surface area contributed by atoms with Crippen LogP contribution in [0.2, 0.25) is 0 Å². The van der Waals surface area contributed by atoms with Gasteiger partial charge in [0.15, 0.2) is 0 Å². The zero-order chi connectivity index (χ0) is 32.4. The van der Waals surface area contributed by atoms with E-state index in [1.54, 1.807) is 0 Å². The molecule has 0 amide bonds. The SMILES string of the molecule is CC1(C)CCC(C)(C)c2cc3c(cc21)c1c2ccccc2c2c4ccccc4n(-c4ccccc4)c2c1n3-c1cccc2ccccc12. The molecule has 2 heteroatoms. The van der Waals surface area contributed by atoms with Crippen LogP contribution < -0.4 is 0 Å². The summed E-state index contributed by atoms with van der Waals surface area (Å²) in [6.07, 6.45) is 2.37. The Hall–Kier alpha value is -5.34. The molecular weight excluding hydrogens is 581 g/mol. The van der Waals surface area contributed by atoms with Gasteiger partial charge in [-0.3, -0.25) is 0 Å². The Morgan fingerprint density at radius 2 is 0.979 bits per heavy atom. The average Bonchev–Trinajstić information content (AvgIpc) is 3.63. The van der Waals surface area contributed by atoms with Crippen molar-refractivity contribution in [3.63, 3.8) is 0 Å². The van der Waals surface area contributed by atoms with E-state index in [9.17, 15) is 0 Å². The lowest BCUT2D eigenvalue weighted by atomic mass is 9.63. The Labute approximate surface area is 280 Å². The van der Waals surface area contributed by atoms with Crippen molar-refractivity contribution in [1.29, 1.82) is 0 Å². The van der Waals surface area contributed by atoms with Crippen LogP contribution in [0.3, 0.4) is 0 Å². The summed E-state index contributed by atoms with van der Waals surface area (Å²) in [6, 6.07) is 49.8. The quantitative estimate of drug-likeness (QED) is 0.182. The molecule has 0 fully saturated rings. The highest BCUT2D eigenvalue weighted by Crippen LogP contribution is 2.51. The Kier molecular flexibility index (Phi) is 5.55. The van der Waals surface area contributed by atoms with Crippen LogP contribution in [0.4, 0.5) is 0 Å². The van der Waals surface area contributed by atoms with Gasteiger partial charge in [0, 0.05) is 32.6 Å². The maximum Gasteiger partial charge on any atom is 0.0795 e. The van der Waals surface area contributed by atoms with E-state index in [4.69, 9.17) is 0 Å². The molecule has 0 unspecified atom stereocenters. The minimum Gasteiger partial charge on any atom is -0.307 e. The molecule has 1 aliphatic carbocycles. The van der Waals surface area contributed by atoms with Crippen LogP contribution in [0.15, 0.2) is 133 Å². The first kappa shape index (κ1) is 27.7. The largest absolute Gasteiger partial charge is 0.307 e. The van der Waals surface area contributed by atoms with E-state index in [1.165, 1.54) is 100 Å². The molecule has 0 atom stereocenters. The Morgan fingerprint density at radius 3 is 1.71 bits per heavy atom. The van der Waals surface area contributed by atoms with E-state index < -0.39 is 0 Å². The van der Waals surface area contributed by atoms with Gasteiger partial charge in [0.25, 0.3) is 0 Å². The van der Waals surface area contributed by atoms with Crippen molar-refractivity contribution in [3.8, 4) is 11.4 Å². The fourth-order valence-corrected chi connectivity index (χ4v) is 9.00. The molecule has 9 aromatic rings. The number of fused-ring (bicyclic) bond motifs is 12. The smallest absolute Gasteiger partial charge is 0.0795 e. The first-order valence-corrected chi connectivity index (χ1v) is 17.3. The summed E-state index contributed by atoms with van der Waals surface area (Å²) in [5.41, 5.74) is 10.6. The normalized spacial score (nSPS) is 15.7. The summed E-state index contributed by atoms with van der Waals surface area (Å²) in [4.78, 5) is 0. The zero-order valence-electron chi connectivity index (χ0n) is 28.0. The van der Waals surface area contributed by atoms with E-state index in [1.807, 2.05) is 0 Å². The third-order valence-corrected chi connectivity index (χ3v) is 11.5. The molecule has 0 bridgehead atoms.